The number of hydrogen-bond donors (Lipinski definition) is 5. The van der Waals surface area contributed by atoms with Crippen molar-refractivity contribution in [2.45, 2.75) is 6.92 Å². The fourth-order valence-electron chi connectivity index (χ4n) is 4.43. The number of amides is 4. The molecule has 0 unspecified atom stereocenters. The van der Waals surface area contributed by atoms with Gasteiger partial charge in [-0.05, 0) is 79.7 Å². The molecule has 0 spiro atoms. The quantitative estimate of drug-likeness (QED) is 0.0890. The Morgan fingerprint density at radius 2 is 1.25 bits per heavy atom. The zero-order valence-electron chi connectivity index (χ0n) is 29.9. The number of aliphatic imine (C=N–C) groups is 2. The number of nitrogens with zero attached hydrogens (tertiary/aromatic N) is 4. The van der Waals surface area contributed by atoms with E-state index < -0.39 is 11.8 Å². The minimum Gasteiger partial charge on any atom is -0.497 e. The van der Waals surface area contributed by atoms with Gasteiger partial charge in [0.25, 0.3) is 11.8 Å². The number of nitrogens with two attached hydrogens (primary N) is 1. The molecule has 6 rings (SSSR count). The van der Waals surface area contributed by atoms with Crippen molar-refractivity contribution in [3.8, 4) is 23.0 Å². The van der Waals surface area contributed by atoms with Crippen molar-refractivity contribution in [1.29, 1.82) is 0 Å². The number of urea groups is 1. The second-order valence-corrected chi connectivity index (χ2v) is 11.9. The maximum Gasteiger partial charge on any atom is 0.326 e. The van der Waals surface area contributed by atoms with Crippen LogP contribution in [0.1, 0.15) is 6.92 Å². The van der Waals surface area contributed by atoms with Gasteiger partial charge >= 0.3 is 12.0 Å². The number of aromatic nitrogens is 2. The van der Waals surface area contributed by atoms with Crippen molar-refractivity contribution in [2.75, 3.05) is 34.0 Å². The minimum absolute atomic E-state index is 0.0278. The van der Waals surface area contributed by atoms with Crippen molar-refractivity contribution in [3.63, 3.8) is 0 Å². The predicted molar refractivity (Wildman–Crippen MR) is 207 cm³/mol. The van der Waals surface area contributed by atoms with Gasteiger partial charge in [0.1, 0.15) is 28.5 Å². The van der Waals surface area contributed by atoms with Crippen LogP contribution in [-0.2, 0) is 9.59 Å². The molecule has 2 aromatic heterocycles. The lowest BCUT2D eigenvalue weighted by atomic mass is 10.3. The monoisotopic (exact) mass is 767 g/mol. The van der Waals surface area contributed by atoms with E-state index in [-0.39, 0.29) is 37.2 Å². The average Bonchev–Trinajstić information content (AvgIpc) is 3.80. The maximum absolute atomic E-state index is 12.5. The first-order valence-corrected chi connectivity index (χ1v) is 17.3. The van der Waals surface area contributed by atoms with E-state index in [1.54, 1.807) is 87.0 Å². The Morgan fingerprint density at radius 1 is 0.709 bits per heavy atom. The Balaban J connectivity index is 0.000000269. The lowest BCUT2D eigenvalue weighted by Gasteiger charge is -2.12. The van der Waals surface area contributed by atoms with E-state index in [4.69, 9.17) is 29.1 Å². The van der Waals surface area contributed by atoms with E-state index in [1.165, 1.54) is 11.3 Å². The van der Waals surface area contributed by atoms with Gasteiger partial charge in [-0.3, -0.25) is 25.5 Å². The normalized spacial score (nSPS) is 10.7. The fourth-order valence-corrected chi connectivity index (χ4v) is 5.28. The molecule has 0 fully saturated rings. The molecule has 284 valence electrons. The first-order chi connectivity index (χ1) is 26.7. The number of hydrogen-bond acceptors (Lipinski definition) is 13. The van der Waals surface area contributed by atoms with Gasteiger partial charge in [0.15, 0.2) is 18.8 Å². The highest BCUT2D eigenvalue weighted by atomic mass is 32.1. The molecular weight excluding hydrogens is 731 g/mol. The summed E-state index contributed by atoms with van der Waals surface area (Å²) in [6, 6.07) is 27.8. The van der Waals surface area contributed by atoms with Gasteiger partial charge in [0.2, 0.25) is 17.1 Å². The van der Waals surface area contributed by atoms with Crippen LogP contribution in [-0.4, -0.2) is 73.7 Å². The van der Waals surface area contributed by atoms with Crippen LogP contribution in [0.15, 0.2) is 111 Å². The zero-order chi connectivity index (χ0) is 39.0. The van der Waals surface area contributed by atoms with Crippen molar-refractivity contribution in [1.82, 2.24) is 31.2 Å². The second kappa shape index (κ2) is 19.6. The number of nitrogens with one attached hydrogen (secondary N) is 4. The number of carbonyl (C=O) groups excluding carboxylic acids is 3. The summed E-state index contributed by atoms with van der Waals surface area (Å²) in [6.07, 6.45) is 0. The summed E-state index contributed by atoms with van der Waals surface area (Å²) in [5.74, 6) is 0.936. The first-order valence-electron chi connectivity index (χ1n) is 16.5. The average molecular weight is 768 g/mol. The Hall–Kier alpha value is -7.21. The third-order valence-electron chi connectivity index (χ3n) is 6.94. The molecule has 6 N–H and O–H groups in total. The summed E-state index contributed by atoms with van der Waals surface area (Å²) < 4.78 is 27.8. The molecule has 0 atom stereocenters. The van der Waals surface area contributed by atoms with Crippen LogP contribution < -0.4 is 45.9 Å². The molecule has 4 aromatic carbocycles. The summed E-state index contributed by atoms with van der Waals surface area (Å²) >= 11 is 1.42. The van der Waals surface area contributed by atoms with Crippen LogP contribution >= 0.6 is 11.3 Å². The molecule has 0 bridgehead atoms. The third kappa shape index (κ3) is 12.2. The van der Waals surface area contributed by atoms with E-state index in [1.807, 2.05) is 31.2 Å². The van der Waals surface area contributed by atoms with Crippen LogP contribution in [0.25, 0.3) is 21.3 Å². The van der Waals surface area contributed by atoms with Crippen LogP contribution in [0.3, 0.4) is 0 Å². The summed E-state index contributed by atoms with van der Waals surface area (Å²) in [5.41, 5.74) is 7.55. The van der Waals surface area contributed by atoms with E-state index in [9.17, 15) is 14.4 Å². The summed E-state index contributed by atoms with van der Waals surface area (Å²) in [6.45, 7) is 1.68. The third-order valence-corrected chi connectivity index (χ3v) is 7.87. The number of fused-ring (bicyclic) bond motifs is 2. The number of thiazole rings is 1. The first kappa shape index (κ1) is 39.0. The lowest BCUT2D eigenvalue weighted by molar-refractivity contribution is -0.122. The van der Waals surface area contributed by atoms with Crippen molar-refractivity contribution in [3.05, 3.63) is 97.1 Å². The molecular formula is C37H37N9O8S. The zero-order valence-corrected chi connectivity index (χ0v) is 30.7. The van der Waals surface area contributed by atoms with E-state index in [0.717, 1.165) is 10.2 Å². The molecule has 0 saturated carbocycles. The SMILES string of the molecule is CCNC(=O)NC(N)=Nc1nc2ccccc2s1.COc1ccc(OCC(=O)NC(=Nc2nc3ccccc3o2)NC(=O)COc2ccc(OC)cc2)cc1. The molecule has 0 aliphatic heterocycles. The van der Waals surface area contributed by atoms with Crippen LogP contribution in [0.4, 0.5) is 15.9 Å². The molecule has 6 aromatic rings. The number of guanidine groups is 2. The lowest BCUT2D eigenvalue weighted by Crippen LogP contribution is -2.46. The maximum atomic E-state index is 12.5. The Kier molecular flexibility index (Phi) is 13.9. The molecule has 2 heterocycles. The molecule has 0 aliphatic carbocycles. The largest absolute Gasteiger partial charge is 0.497 e. The Bertz CT molecular complexity index is 2140. The van der Waals surface area contributed by atoms with Gasteiger partial charge in [-0.15, -0.1) is 0 Å². The van der Waals surface area contributed by atoms with Crippen LogP contribution in [0.2, 0.25) is 0 Å². The number of benzene rings is 4. The summed E-state index contributed by atoms with van der Waals surface area (Å²) in [4.78, 5) is 53.0. The van der Waals surface area contributed by atoms with Crippen molar-refractivity contribution in [2.24, 2.45) is 15.7 Å². The highest BCUT2D eigenvalue weighted by Gasteiger charge is 2.14. The predicted octanol–water partition coefficient (Wildman–Crippen LogP) is 4.78. The molecule has 17 nitrogen and oxygen atoms in total. The number of ether oxygens (including phenoxy) is 4. The fraction of sp³-hybridized carbons (Fsp3) is 0.162. The molecule has 0 radical (unpaired) electrons. The van der Waals surface area contributed by atoms with Crippen LogP contribution in [0.5, 0.6) is 23.0 Å². The molecule has 18 heteroatoms. The standard InChI is InChI=1S/C26H24N4O7.C11H13N5OS/c1-33-17-7-11-19(12-8-17)35-15-23(31)28-25(30-26-27-21-5-3-4-6-22(21)37-26)29-24(32)16-36-20-13-9-18(34-2)10-14-20;1-2-13-10(17)15-9(12)16-11-14-7-5-3-4-6-8(7)18-11/h3-14H,15-16H2,1-2H3,(H2,27,28,29,30,31,32);3-6H,2H2,1H3,(H4,12,13,14,15,16,17). The number of rotatable bonds is 11. The molecule has 0 saturated heterocycles. The van der Waals surface area contributed by atoms with Crippen LogP contribution in [0, 0.1) is 0 Å². The molecule has 55 heavy (non-hydrogen) atoms. The van der Waals surface area contributed by atoms with E-state index in [0.29, 0.717) is 45.8 Å². The number of para-hydroxylation sites is 3. The van der Waals surface area contributed by atoms with Gasteiger partial charge in [-0.2, -0.15) is 15.0 Å². The van der Waals surface area contributed by atoms with Gasteiger partial charge in [0, 0.05) is 6.54 Å². The van der Waals surface area contributed by atoms with E-state index >= 15 is 0 Å². The number of methoxy groups -OCH3 is 2. The Morgan fingerprint density at radius 3 is 1.80 bits per heavy atom. The van der Waals surface area contributed by atoms with Gasteiger partial charge < -0.3 is 34.4 Å². The molecule has 0 aliphatic rings. The van der Waals surface area contributed by atoms with Crippen molar-refractivity contribution >= 4 is 73.6 Å². The number of oxazole rings is 1. The van der Waals surface area contributed by atoms with Crippen molar-refractivity contribution < 1.29 is 37.7 Å². The minimum atomic E-state index is -0.568. The highest BCUT2D eigenvalue weighted by Crippen LogP contribution is 2.27. The second-order valence-electron chi connectivity index (χ2n) is 10.9. The van der Waals surface area contributed by atoms with Gasteiger partial charge in [-0.25, -0.2) is 9.78 Å². The summed E-state index contributed by atoms with van der Waals surface area (Å²) in [7, 11) is 3.11. The summed E-state index contributed by atoms with van der Waals surface area (Å²) in [5, 5.41) is 10.5. The Labute approximate surface area is 318 Å². The molecule has 4 amide bonds. The smallest absolute Gasteiger partial charge is 0.326 e. The van der Waals surface area contributed by atoms with Gasteiger partial charge in [0.05, 0.1) is 24.4 Å². The topological polar surface area (TPSA) is 226 Å². The van der Waals surface area contributed by atoms with E-state index in [2.05, 4.69) is 41.2 Å². The van der Waals surface area contributed by atoms with Gasteiger partial charge in [-0.1, -0.05) is 35.6 Å². The highest BCUT2D eigenvalue weighted by molar-refractivity contribution is 7.22. The number of carbonyl (C=O) groups is 3.